The molecular weight excluding hydrogens is 2030 g/mol. The van der Waals surface area contributed by atoms with Crippen LogP contribution in [0, 0.1) is 30.3 Å². The second-order valence-corrected chi connectivity index (χ2v) is 35.0. The summed E-state index contributed by atoms with van der Waals surface area (Å²) in [6.45, 7) is 7.49. The Balaban J connectivity index is 0.000000128. The zero-order valence-electron chi connectivity index (χ0n) is 77.6. The van der Waals surface area contributed by atoms with Gasteiger partial charge in [-0.25, -0.2) is 0 Å². The molecular formula is C121H88N11Ni5O6S-5. The van der Waals surface area contributed by atoms with E-state index >= 15 is 0 Å². The molecule has 23 aromatic rings. The van der Waals surface area contributed by atoms with Crippen molar-refractivity contribution >= 4 is 75.6 Å². The smallest absolute Gasteiger partial charge is 0.152 e. The summed E-state index contributed by atoms with van der Waals surface area (Å²) in [4.78, 5) is 46.5. The van der Waals surface area contributed by atoms with Crippen molar-refractivity contribution in [3.05, 3.63) is 417 Å². The van der Waals surface area contributed by atoms with Crippen molar-refractivity contribution in [2.24, 2.45) is 0 Å². The van der Waals surface area contributed by atoms with Crippen LogP contribution < -0.4 is 0 Å². The van der Waals surface area contributed by atoms with Gasteiger partial charge in [-0.2, -0.15) is 0 Å². The van der Waals surface area contributed by atoms with Crippen LogP contribution in [0.4, 0.5) is 0 Å². The van der Waals surface area contributed by atoms with E-state index in [1.54, 1.807) is 78.7 Å². The van der Waals surface area contributed by atoms with Gasteiger partial charge in [-0.1, -0.05) is 228 Å². The van der Waals surface area contributed by atoms with E-state index in [4.69, 9.17) is 29.3 Å². The van der Waals surface area contributed by atoms with Crippen molar-refractivity contribution in [2.45, 2.75) is 71.3 Å². The average molecular weight is 2120 g/mol. The fourth-order valence-electron chi connectivity index (χ4n) is 18.8. The van der Waals surface area contributed by atoms with Crippen molar-refractivity contribution < 1.29 is 112 Å². The number of aryl methyl sites for hydroxylation is 3. The topological polar surface area (TPSA) is 248 Å². The van der Waals surface area contributed by atoms with Gasteiger partial charge in [0.15, 0.2) is 5.58 Å². The maximum Gasteiger partial charge on any atom is 0.152 e. The molecule has 1 atom stereocenters. The van der Waals surface area contributed by atoms with Gasteiger partial charge >= 0.3 is 0 Å². The molecule has 2 aliphatic rings. The van der Waals surface area contributed by atoms with Gasteiger partial charge in [-0.15, -0.1) is 133 Å². The Kier molecular flexibility index (Phi) is 32.2. The number of hydrogen-bond acceptors (Lipinski definition) is 17. The number of phenols is 5. The predicted molar refractivity (Wildman–Crippen MR) is 555 cm³/mol. The summed E-state index contributed by atoms with van der Waals surface area (Å²) in [5, 5.41) is 54.4. The SMILES string of the molecule is CCCC1(CC)c2ccc(-c3[c-]c(-c4ccccn4)ccc3)nc2-c2c(O)cccc21.CCCn1c2ccc(-c3[c-]c(-c4ccccn4)ccc3)nc2c2c(O)cccc21.Oc1cccc2c1-c1nc(-c3[c-]c(-c4ccccn4)ccc3)ccc1CC2.Oc1cccc2oc3ccc(-c4[c-]c(-c5ccccn5)ccc4)nc3c12.Oc1cccc2sc3ccc(-c4[c-]c(-c5ccccn5)ccc4)nc3c12.[Ni].[Ni].[Ni].[Ni].[Ni]. The zero-order chi connectivity index (χ0) is 94.5. The second-order valence-electron chi connectivity index (χ2n) is 33.9. The van der Waals surface area contributed by atoms with Crippen LogP contribution in [0.15, 0.2) is 369 Å². The molecule has 0 saturated carbocycles. The molecule has 5 N–H and O–H groups in total. The van der Waals surface area contributed by atoms with Crippen molar-refractivity contribution in [1.82, 2.24) is 54.4 Å². The van der Waals surface area contributed by atoms with E-state index in [1.165, 1.54) is 16.7 Å². The van der Waals surface area contributed by atoms with E-state index in [9.17, 15) is 25.5 Å². The van der Waals surface area contributed by atoms with Gasteiger partial charge in [-0.05, 0) is 151 Å². The molecule has 0 bridgehead atoms. The number of hydrogen-bond donors (Lipinski definition) is 5. The molecule has 144 heavy (non-hydrogen) atoms. The van der Waals surface area contributed by atoms with Crippen LogP contribution in [0.2, 0.25) is 0 Å². The minimum Gasteiger partial charge on any atom is -0.507 e. The van der Waals surface area contributed by atoms with Crippen molar-refractivity contribution in [3.63, 3.8) is 0 Å². The van der Waals surface area contributed by atoms with Crippen LogP contribution in [-0.2, 0) is 107 Å². The van der Waals surface area contributed by atoms with E-state index in [2.05, 4.69) is 123 Å². The molecule has 17 nitrogen and oxygen atoms in total. The summed E-state index contributed by atoms with van der Waals surface area (Å²) in [7, 11) is 0. The van der Waals surface area contributed by atoms with Gasteiger partial charge in [0.25, 0.3) is 0 Å². The summed E-state index contributed by atoms with van der Waals surface area (Å²) in [6.07, 6.45) is 14.9. The number of thiophene rings is 1. The molecule has 23 heteroatoms. The Morgan fingerprint density at radius 2 is 0.688 bits per heavy atom. The van der Waals surface area contributed by atoms with Gasteiger partial charge in [0.1, 0.15) is 39.8 Å². The summed E-state index contributed by atoms with van der Waals surface area (Å²) in [5.41, 5.74) is 31.5. The number of pyridine rings is 10. The van der Waals surface area contributed by atoms with Gasteiger partial charge in [-0.3, -0.25) is 49.8 Å². The molecule has 13 heterocycles. The molecule has 0 radical (unpaired) electrons. The van der Waals surface area contributed by atoms with E-state index in [0.29, 0.717) is 33.6 Å². The zero-order valence-corrected chi connectivity index (χ0v) is 83.4. The molecule has 0 spiro atoms. The van der Waals surface area contributed by atoms with Gasteiger partial charge < -0.3 is 34.5 Å². The van der Waals surface area contributed by atoms with Crippen molar-refractivity contribution in [2.75, 3.05) is 0 Å². The van der Waals surface area contributed by atoms with Crippen LogP contribution >= 0.6 is 11.3 Å². The summed E-state index contributed by atoms with van der Waals surface area (Å²) in [5.74, 6) is 1.30. The number of rotatable bonds is 15. The molecule has 0 saturated heterocycles. The molecule has 0 fully saturated rings. The van der Waals surface area contributed by atoms with E-state index < -0.39 is 0 Å². The number of benzene rings is 10. The standard InChI is InChI=1S/C28H25N2O.C25H20N3O.C24H17N2O.C22H13N2O2.C22H13N2OS.5Ni/c1-3-16-28(4-2)21-11-8-13-25(31)26(21)27-22(28)14-15-24(30-27)20-10-7-9-19(18-20)23-12-5-6-17-29-23;1-2-15-28-21-10-6-11-23(29)24(21)25-22(28)13-12-20(27-25)18-8-5-7-17(16-18)19-9-3-4-14-26-19;27-22-9-4-5-16-10-11-17-12-13-21(26-24(17)23(16)22)19-7-3-6-18(15-19)20-8-1-2-14-25-20;2*25-18-8-4-9-19-21(18)22-20(26-19)11-10-17(24-22)15-6-3-5-14(13-15)16-7-1-2-12-23-16;;;;;/h5-15,17,31H,3-4,16H2,1-2H3;3-14,29H,2,15H2,1H3;1-9,12-14,27H,10-11H2;2*1-12,25H;;;;;/q5*-1;;;;;. The fourth-order valence-corrected chi connectivity index (χ4v) is 19.9. The summed E-state index contributed by atoms with van der Waals surface area (Å²) >= 11 is 1.64. The largest absolute Gasteiger partial charge is 0.507 e. The Bertz CT molecular complexity index is 8330. The molecule has 1 unspecified atom stereocenters. The van der Waals surface area contributed by atoms with Crippen LogP contribution in [0.25, 0.3) is 199 Å². The van der Waals surface area contributed by atoms with Crippen LogP contribution in [0.1, 0.15) is 68.7 Å². The number of nitrogens with zero attached hydrogens (tertiary/aromatic N) is 11. The first kappa shape index (κ1) is 102. The Hall–Kier alpha value is -15.0. The van der Waals surface area contributed by atoms with E-state index in [1.807, 2.05) is 255 Å². The monoisotopic (exact) mass is 2110 g/mol. The quantitative estimate of drug-likeness (QED) is 0.0473. The average Bonchev–Trinajstić information content (AvgIpc) is 1.55. The van der Waals surface area contributed by atoms with Crippen LogP contribution in [0.3, 0.4) is 0 Å². The molecule has 25 rings (SSSR count). The first-order valence-corrected chi connectivity index (χ1v) is 47.1. The second kappa shape index (κ2) is 45.5. The number of aromatic nitrogens is 11. The van der Waals surface area contributed by atoms with Crippen LogP contribution in [-0.4, -0.2) is 79.9 Å². The molecule has 0 aliphatic heterocycles. The summed E-state index contributed by atoms with van der Waals surface area (Å²) in [6, 6.07) is 125. The van der Waals surface area contributed by atoms with Crippen LogP contribution in [0.5, 0.6) is 28.7 Å². The fraction of sp³-hybridized carbons (Fsp3) is 0.0909. The number of furan rings is 1. The Morgan fingerprint density at radius 3 is 1.18 bits per heavy atom. The first-order chi connectivity index (χ1) is 68.3. The summed E-state index contributed by atoms with van der Waals surface area (Å²) < 4.78 is 10.1. The van der Waals surface area contributed by atoms with Crippen molar-refractivity contribution in [1.29, 1.82) is 0 Å². The number of aromatic hydroxyl groups is 5. The maximum atomic E-state index is 10.8. The molecule has 2 aliphatic carbocycles. The Morgan fingerprint density at radius 1 is 0.292 bits per heavy atom. The molecule has 0 amide bonds. The minimum absolute atomic E-state index is 0. The normalized spacial score (nSPS) is 12.2. The predicted octanol–water partition coefficient (Wildman–Crippen LogP) is 28.6. The van der Waals surface area contributed by atoms with Crippen molar-refractivity contribution in [3.8, 4) is 164 Å². The van der Waals surface area contributed by atoms with Gasteiger partial charge in [0, 0.05) is 198 Å². The van der Waals surface area contributed by atoms with Gasteiger partial charge in [0.2, 0.25) is 0 Å². The first-order valence-electron chi connectivity index (χ1n) is 46.3. The third-order valence-electron chi connectivity index (χ3n) is 25.4. The third kappa shape index (κ3) is 20.6. The molecule has 13 aromatic heterocycles. The maximum absolute atomic E-state index is 10.8. The third-order valence-corrected chi connectivity index (χ3v) is 26.5. The number of fused-ring (bicyclic) bond motifs is 15. The minimum atomic E-state index is -0.0940. The van der Waals surface area contributed by atoms with Gasteiger partial charge in [0.05, 0.1) is 54.3 Å². The Labute approximate surface area is 887 Å². The number of phenolic OH excluding ortho intramolecular Hbond substituents is 5. The van der Waals surface area contributed by atoms with E-state index in [-0.39, 0.29) is 105 Å². The molecule has 10 aromatic carbocycles. The molecule has 724 valence electrons. The van der Waals surface area contributed by atoms with E-state index in [0.717, 1.165) is 228 Å².